The first-order valence-electron chi connectivity index (χ1n) is 5.38. The maximum Gasteiger partial charge on any atom is 0.0573 e. The van der Waals surface area contributed by atoms with Gasteiger partial charge in [0.15, 0.2) is 0 Å². The van der Waals surface area contributed by atoms with Crippen molar-refractivity contribution in [3.8, 4) is 0 Å². The Morgan fingerprint density at radius 2 is 1.67 bits per heavy atom. The lowest BCUT2D eigenvalue weighted by Gasteiger charge is -2.37. The van der Waals surface area contributed by atoms with Crippen LogP contribution in [0.25, 0.3) is 0 Å². The lowest BCUT2D eigenvalue weighted by molar-refractivity contribution is 0.0361. The van der Waals surface area contributed by atoms with E-state index in [0.29, 0.717) is 5.92 Å². The fraction of sp³-hybridized carbons (Fsp3) is 1.00. The molecule has 1 N–H and O–H groups in total. The molecule has 1 nitrogen and oxygen atoms in total. The van der Waals surface area contributed by atoms with E-state index in [4.69, 9.17) is 0 Å². The Balaban J connectivity index is 2.11. The van der Waals surface area contributed by atoms with E-state index in [2.05, 4.69) is 13.8 Å². The van der Waals surface area contributed by atoms with Crippen molar-refractivity contribution in [1.82, 2.24) is 0 Å². The molecule has 1 heteroatoms. The third-order valence-corrected chi connectivity index (χ3v) is 4.32. The highest BCUT2D eigenvalue weighted by molar-refractivity contribution is 4.92. The molecule has 0 aromatic heterocycles. The molecule has 2 rings (SSSR count). The summed E-state index contributed by atoms with van der Waals surface area (Å²) in [6.07, 6.45) is 5.12. The summed E-state index contributed by atoms with van der Waals surface area (Å²) in [6.45, 7) is 4.67. The largest absolute Gasteiger partial charge is 0.393 e. The number of aliphatic hydroxyl groups excluding tert-OH is 1. The smallest absolute Gasteiger partial charge is 0.0573 e. The molecule has 0 radical (unpaired) electrons. The minimum absolute atomic E-state index is 0.0211. The second-order valence-electron chi connectivity index (χ2n) is 4.90. The predicted octanol–water partition coefficient (Wildman–Crippen LogP) is 2.44. The van der Waals surface area contributed by atoms with Gasteiger partial charge in [-0.15, -0.1) is 0 Å². The van der Waals surface area contributed by atoms with E-state index in [1.54, 1.807) is 0 Å². The van der Waals surface area contributed by atoms with Gasteiger partial charge in [0.25, 0.3) is 0 Å². The molecule has 0 saturated heterocycles. The molecule has 12 heavy (non-hydrogen) atoms. The van der Waals surface area contributed by atoms with Gasteiger partial charge in [-0.25, -0.2) is 0 Å². The molecule has 0 bridgehead atoms. The van der Waals surface area contributed by atoms with E-state index in [0.717, 1.165) is 24.2 Å². The molecule has 0 aromatic carbocycles. The van der Waals surface area contributed by atoms with Gasteiger partial charge in [-0.2, -0.15) is 0 Å². The van der Waals surface area contributed by atoms with E-state index < -0.39 is 0 Å². The average molecular weight is 168 g/mol. The monoisotopic (exact) mass is 168 g/mol. The lowest BCUT2D eigenvalue weighted by atomic mass is 9.69. The van der Waals surface area contributed by atoms with E-state index in [1.807, 2.05) is 0 Å². The van der Waals surface area contributed by atoms with Crippen molar-refractivity contribution in [1.29, 1.82) is 0 Å². The molecule has 0 spiro atoms. The molecule has 2 saturated carbocycles. The van der Waals surface area contributed by atoms with Crippen LogP contribution in [0.4, 0.5) is 0 Å². The van der Waals surface area contributed by atoms with Crippen LogP contribution >= 0.6 is 0 Å². The Labute approximate surface area is 75.2 Å². The van der Waals surface area contributed by atoms with Gasteiger partial charge in [-0.05, 0) is 42.9 Å². The first-order valence-corrected chi connectivity index (χ1v) is 5.38. The summed E-state index contributed by atoms with van der Waals surface area (Å²) < 4.78 is 0. The summed E-state index contributed by atoms with van der Waals surface area (Å²) in [6, 6.07) is 0. The molecule has 2 fully saturated rings. The minimum Gasteiger partial charge on any atom is -0.393 e. The topological polar surface area (TPSA) is 20.2 Å². The van der Waals surface area contributed by atoms with E-state index in [9.17, 15) is 5.11 Å². The van der Waals surface area contributed by atoms with Crippen LogP contribution in [0.5, 0.6) is 0 Å². The third-order valence-electron chi connectivity index (χ3n) is 4.32. The molecule has 0 amide bonds. The van der Waals surface area contributed by atoms with Gasteiger partial charge in [-0.3, -0.25) is 0 Å². The van der Waals surface area contributed by atoms with Crippen molar-refractivity contribution < 1.29 is 5.11 Å². The van der Waals surface area contributed by atoms with Gasteiger partial charge in [0, 0.05) is 0 Å². The standard InChI is InChI=1S/C11H20O/c1-7-3-4-9-5-6-10(12)11(9)8(7)2/h7-12H,3-6H2,1-2H3. The van der Waals surface area contributed by atoms with Crippen LogP contribution in [0.1, 0.15) is 39.5 Å². The summed E-state index contributed by atoms with van der Waals surface area (Å²) in [5.41, 5.74) is 0. The molecular formula is C11H20O. The highest BCUT2D eigenvalue weighted by atomic mass is 16.3. The van der Waals surface area contributed by atoms with Gasteiger partial charge in [0.2, 0.25) is 0 Å². The van der Waals surface area contributed by atoms with E-state index in [1.165, 1.54) is 19.3 Å². The van der Waals surface area contributed by atoms with Crippen LogP contribution in [0, 0.1) is 23.7 Å². The number of fused-ring (bicyclic) bond motifs is 1. The van der Waals surface area contributed by atoms with E-state index in [-0.39, 0.29) is 6.10 Å². The van der Waals surface area contributed by atoms with Crippen molar-refractivity contribution in [2.75, 3.05) is 0 Å². The van der Waals surface area contributed by atoms with Crippen LogP contribution in [-0.4, -0.2) is 11.2 Å². The molecule has 0 aliphatic heterocycles. The summed E-state index contributed by atoms with van der Waals surface area (Å²) >= 11 is 0. The Kier molecular flexibility index (Phi) is 2.16. The predicted molar refractivity (Wildman–Crippen MR) is 49.8 cm³/mol. The second kappa shape index (κ2) is 3.02. The number of hydrogen-bond donors (Lipinski definition) is 1. The number of aliphatic hydroxyl groups is 1. The van der Waals surface area contributed by atoms with Crippen LogP contribution in [0.3, 0.4) is 0 Å². The van der Waals surface area contributed by atoms with Crippen molar-refractivity contribution in [2.24, 2.45) is 23.7 Å². The molecule has 2 aliphatic carbocycles. The molecular weight excluding hydrogens is 148 g/mol. The van der Waals surface area contributed by atoms with Crippen LogP contribution < -0.4 is 0 Å². The fourth-order valence-electron chi connectivity index (χ4n) is 3.32. The van der Waals surface area contributed by atoms with Crippen molar-refractivity contribution >= 4 is 0 Å². The fourth-order valence-corrected chi connectivity index (χ4v) is 3.32. The first-order chi connectivity index (χ1) is 5.70. The maximum atomic E-state index is 9.81. The molecule has 5 unspecified atom stereocenters. The molecule has 2 aliphatic rings. The second-order valence-corrected chi connectivity index (χ2v) is 4.90. The zero-order chi connectivity index (χ0) is 8.72. The number of hydrogen-bond acceptors (Lipinski definition) is 1. The van der Waals surface area contributed by atoms with Gasteiger partial charge < -0.3 is 5.11 Å². The SMILES string of the molecule is CC1CCC2CCC(O)C2C1C. The normalized spacial score (nSPS) is 53.8. The van der Waals surface area contributed by atoms with Gasteiger partial charge in [0.05, 0.1) is 6.10 Å². The molecule has 0 heterocycles. The maximum absolute atomic E-state index is 9.81. The minimum atomic E-state index is 0.0211. The number of rotatable bonds is 0. The van der Waals surface area contributed by atoms with Crippen LogP contribution in [0.2, 0.25) is 0 Å². The Morgan fingerprint density at radius 1 is 1.00 bits per heavy atom. The van der Waals surface area contributed by atoms with Gasteiger partial charge >= 0.3 is 0 Å². The Hall–Kier alpha value is -0.0400. The molecule has 70 valence electrons. The zero-order valence-corrected chi connectivity index (χ0v) is 8.16. The van der Waals surface area contributed by atoms with Crippen molar-refractivity contribution in [3.63, 3.8) is 0 Å². The summed E-state index contributed by atoms with van der Waals surface area (Å²) in [7, 11) is 0. The highest BCUT2D eigenvalue weighted by Gasteiger charge is 2.42. The molecule has 0 aromatic rings. The average Bonchev–Trinajstić information content (AvgIpc) is 2.41. The summed E-state index contributed by atoms with van der Waals surface area (Å²) in [4.78, 5) is 0. The van der Waals surface area contributed by atoms with Gasteiger partial charge in [0.1, 0.15) is 0 Å². The quantitative estimate of drug-likeness (QED) is 0.589. The lowest BCUT2D eigenvalue weighted by Crippen LogP contribution is -2.34. The van der Waals surface area contributed by atoms with Crippen molar-refractivity contribution in [3.05, 3.63) is 0 Å². The van der Waals surface area contributed by atoms with E-state index >= 15 is 0 Å². The first kappa shape index (κ1) is 8.55. The summed E-state index contributed by atoms with van der Waals surface area (Å²) in [5, 5.41) is 9.81. The van der Waals surface area contributed by atoms with Crippen molar-refractivity contribution in [2.45, 2.75) is 45.6 Å². The molecule has 5 atom stereocenters. The van der Waals surface area contributed by atoms with Crippen LogP contribution in [0.15, 0.2) is 0 Å². The highest BCUT2D eigenvalue weighted by Crippen LogP contribution is 2.47. The van der Waals surface area contributed by atoms with Crippen LogP contribution in [-0.2, 0) is 0 Å². The Bertz CT molecular complexity index is 166. The third kappa shape index (κ3) is 1.19. The summed E-state index contributed by atoms with van der Waals surface area (Å²) in [5.74, 6) is 3.07. The zero-order valence-electron chi connectivity index (χ0n) is 8.16. The van der Waals surface area contributed by atoms with Gasteiger partial charge in [-0.1, -0.05) is 20.3 Å². The Morgan fingerprint density at radius 3 is 2.42 bits per heavy atom.